The van der Waals surface area contributed by atoms with Crippen molar-refractivity contribution in [3.05, 3.63) is 30.1 Å². The number of esters is 1. The highest BCUT2D eigenvalue weighted by Crippen LogP contribution is 2.25. The Morgan fingerprint density at radius 3 is 2.33 bits per heavy atom. The van der Waals surface area contributed by atoms with Crippen molar-refractivity contribution < 1.29 is 60.3 Å². The van der Waals surface area contributed by atoms with E-state index in [1.807, 2.05) is 0 Å². The Morgan fingerprint density at radius 1 is 1.21 bits per heavy atom. The number of nitrogens with zero attached hydrogens (tertiary/aromatic N) is 1. The maximum absolute atomic E-state index is 12.1. The van der Waals surface area contributed by atoms with Crippen molar-refractivity contribution in [3.63, 3.8) is 0 Å². The van der Waals surface area contributed by atoms with Crippen LogP contribution in [-0.2, 0) is 19.6 Å². The number of aliphatic hydroxyl groups is 3. The third-order valence-corrected chi connectivity index (χ3v) is 5.20. The lowest BCUT2D eigenvalue weighted by atomic mass is 10.1. The molecule has 0 aliphatic carbocycles. The van der Waals surface area contributed by atoms with Gasteiger partial charge < -0.3 is 29.3 Å². The Morgan fingerprint density at radius 2 is 1.82 bits per heavy atom. The molecule has 14 heteroatoms. The topological polar surface area (TPSA) is 157 Å². The van der Waals surface area contributed by atoms with E-state index in [1.54, 1.807) is 18.3 Å². The number of halogens is 3. The molecule has 1 saturated heterocycles. The van der Waals surface area contributed by atoms with Crippen LogP contribution < -0.4 is 4.57 Å². The van der Waals surface area contributed by atoms with Crippen LogP contribution in [0.15, 0.2) is 24.5 Å². The minimum absolute atomic E-state index is 0.341. The first-order valence-corrected chi connectivity index (χ1v) is 11.6. The summed E-state index contributed by atoms with van der Waals surface area (Å²) in [4.78, 5) is 12.1. The first kappa shape index (κ1) is 29.2. The summed E-state index contributed by atoms with van der Waals surface area (Å²) in [5.74, 6) is -0.434. The van der Waals surface area contributed by atoms with Gasteiger partial charge in [0, 0.05) is 6.07 Å². The van der Waals surface area contributed by atoms with Crippen LogP contribution in [0.3, 0.4) is 0 Å². The fraction of sp³-hybridized carbons (Fsp3) is 0.684. The Bertz CT molecular complexity index is 851. The molecule has 0 saturated carbocycles. The number of ether oxygens (including phenoxy) is 2. The number of rotatable bonds is 9. The highest BCUT2D eigenvalue weighted by molar-refractivity contribution is 7.86. The minimum Gasteiger partial charge on any atom is -0.741 e. The van der Waals surface area contributed by atoms with Gasteiger partial charge >= 0.3 is 11.5 Å². The van der Waals surface area contributed by atoms with Crippen LogP contribution in [0.4, 0.5) is 13.2 Å². The standard InChI is InChI=1S/C18H28NO6.CHF3O3S/c1-2-3-4-5-6-10-24-18(23)13-8-7-9-19(11-13)17-16(22)15(21)14(12-20)25-17;2-1(3,4)8(5,6)7/h7-9,11,14-17,20-22H,2-6,10,12H2,1H3;(H,5,6,7)/q+1;/p-1/t14-,15+,16+,17-;/m1./s1. The fourth-order valence-corrected chi connectivity index (χ4v) is 2.85. The summed E-state index contributed by atoms with van der Waals surface area (Å²) >= 11 is 0. The van der Waals surface area contributed by atoms with E-state index in [0.29, 0.717) is 12.2 Å². The summed E-state index contributed by atoms with van der Waals surface area (Å²) in [6.45, 7) is 2.14. The Labute approximate surface area is 189 Å². The lowest BCUT2D eigenvalue weighted by Crippen LogP contribution is -2.46. The number of carbonyl (C=O) groups is 1. The van der Waals surface area contributed by atoms with Gasteiger partial charge in [-0.2, -0.15) is 17.7 Å². The van der Waals surface area contributed by atoms with Crippen LogP contribution in [0.5, 0.6) is 0 Å². The summed E-state index contributed by atoms with van der Waals surface area (Å²) in [6.07, 6.45) is 4.44. The number of unbranched alkanes of at least 4 members (excludes halogenated alkanes) is 4. The Balaban J connectivity index is 0.000000582. The average Bonchev–Trinajstić information content (AvgIpc) is 3.03. The summed E-state index contributed by atoms with van der Waals surface area (Å²) in [6, 6.07) is 3.27. The monoisotopic (exact) mass is 503 g/mol. The minimum atomic E-state index is -6.09. The van der Waals surface area contributed by atoms with E-state index in [9.17, 15) is 28.2 Å². The Kier molecular flexibility index (Phi) is 11.6. The maximum Gasteiger partial charge on any atom is 0.485 e. The van der Waals surface area contributed by atoms with E-state index >= 15 is 0 Å². The van der Waals surface area contributed by atoms with Crippen LogP contribution in [0.25, 0.3) is 0 Å². The molecule has 0 spiro atoms. The molecule has 1 aliphatic heterocycles. The van der Waals surface area contributed by atoms with Crippen LogP contribution >= 0.6 is 0 Å². The number of hydrogen-bond donors (Lipinski definition) is 3. The molecule has 10 nitrogen and oxygen atoms in total. The third kappa shape index (κ3) is 9.14. The molecule has 4 atom stereocenters. The second-order valence-electron chi connectivity index (χ2n) is 7.22. The average molecular weight is 503 g/mol. The van der Waals surface area contributed by atoms with Crippen molar-refractivity contribution in [1.29, 1.82) is 0 Å². The molecule has 1 fully saturated rings. The van der Waals surface area contributed by atoms with Crippen molar-refractivity contribution in [2.24, 2.45) is 0 Å². The van der Waals surface area contributed by atoms with Gasteiger partial charge in [0.05, 0.1) is 13.2 Å². The van der Waals surface area contributed by atoms with Gasteiger partial charge in [-0.1, -0.05) is 32.6 Å². The molecule has 0 radical (unpaired) electrons. The van der Waals surface area contributed by atoms with Crippen molar-refractivity contribution in [3.8, 4) is 0 Å². The third-order valence-electron chi connectivity index (χ3n) is 4.63. The number of alkyl halides is 3. The zero-order valence-corrected chi connectivity index (χ0v) is 18.7. The molecule has 0 unspecified atom stereocenters. The predicted molar refractivity (Wildman–Crippen MR) is 104 cm³/mol. The van der Waals surface area contributed by atoms with Crippen molar-refractivity contribution in [2.45, 2.75) is 69.1 Å². The van der Waals surface area contributed by atoms with Gasteiger partial charge in [-0.25, -0.2) is 13.2 Å². The largest absolute Gasteiger partial charge is 0.741 e. The fourth-order valence-electron chi connectivity index (χ4n) is 2.85. The number of aromatic nitrogens is 1. The molecule has 33 heavy (non-hydrogen) atoms. The number of carbonyl (C=O) groups excluding carboxylic acids is 1. The van der Waals surface area contributed by atoms with E-state index in [1.165, 1.54) is 23.6 Å². The van der Waals surface area contributed by atoms with Gasteiger partial charge in [-0.3, -0.25) is 0 Å². The van der Waals surface area contributed by atoms with Crippen molar-refractivity contribution in [2.75, 3.05) is 13.2 Å². The summed E-state index contributed by atoms with van der Waals surface area (Å²) in [5, 5.41) is 29.1. The molecule has 2 rings (SSSR count). The van der Waals surface area contributed by atoms with Crippen molar-refractivity contribution >= 4 is 16.1 Å². The first-order valence-electron chi connectivity index (χ1n) is 10.2. The van der Waals surface area contributed by atoms with Crippen LogP contribution in [0.2, 0.25) is 0 Å². The van der Waals surface area contributed by atoms with E-state index in [4.69, 9.17) is 27.6 Å². The molecule has 0 aromatic carbocycles. The summed E-state index contributed by atoms with van der Waals surface area (Å²) in [7, 11) is -6.09. The molecule has 1 aromatic heterocycles. The van der Waals surface area contributed by atoms with Gasteiger partial charge in [0.15, 0.2) is 28.6 Å². The zero-order chi connectivity index (χ0) is 25.2. The summed E-state index contributed by atoms with van der Waals surface area (Å²) < 4.78 is 71.1. The lowest BCUT2D eigenvalue weighted by Gasteiger charge is -2.10. The van der Waals surface area contributed by atoms with Crippen LogP contribution in [0.1, 0.15) is 55.6 Å². The van der Waals surface area contributed by atoms with Crippen LogP contribution in [0, 0.1) is 0 Å². The molecular formula is C19H28F3NO9S. The number of aliphatic hydroxyl groups excluding tert-OH is 3. The molecule has 190 valence electrons. The Hall–Kier alpha value is -1.84. The summed E-state index contributed by atoms with van der Waals surface area (Å²) in [5.41, 5.74) is -5.30. The molecule has 1 aromatic rings. The van der Waals surface area contributed by atoms with Gasteiger partial charge in [-0.15, -0.1) is 0 Å². The van der Waals surface area contributed by atoms with E-state index < -0.39 is 52.7 Å². The second-order valence-corrected chi connectivity index (χ2v) is 8.59. The SMILES string of the molecule is CCCCCCCOC(=O)c1ccc[n+]([C@@H]2O[C@H](CO)[C@H](O)[C@@H]2O)c1.O=S(=O)([O-])C(F)(F)F. The van der Waals surface area contributed by atoms with E-state index in [-0.39, 0.29) is 0 Å². The normalized spacial score (nSPS) is 23.0. The number of hydrogen-bond acceptors (Lipinski definition) is 9. The molecular weight excluding hydrogens is 475 g/mol. The highest BCUT2D eigenvalue weighted by atomic mass is 32.2. The highest BCUT2D eigenvalue weighted by Gasteiger charge is 2.48. The molecule has 0 amide bonds. The first-order chi connectivity index (χ1) is 15.3. The molecule has 2 heterocycles. The zero-order valence-electron chi connectivity index (χ0n) is 17.8. The maximum atomic E-state index is 12.1. The second kappa shape index (κ2) is 13.2. The molecule has 1 aliphatic rings. The van der Waals surface area contributed by atoms with Crippen LogP contribution in [-0.4, -0.2) is 71.3 Å². The van der Waals surface area contributed by atoms with Crippen molar-refractivity contribution in [1.82, 2.24) is 0 Å². The lowest BCUT2D eigenvalue weighted by molar-refractivity contribution is -0.765. The van der Waals surface area contributed by atoms with E-state index in [0.717, 1.165) is 19.3 Å². The predicted octanol–water partition coefficient (Wildman–Crippen LogP) is 0.764. The smallest absolute Gasteiger partial charge is 0.485 e. The van der Waals surface area contributed by atoms with Gasteiger partial charge in [0.1, 0.15) is 17.8 Å². The van der Waals surface area contributed by atoms with E-state index in [2.05, 4.69) is 6.92 Å². The van der Waals surface area contributed by atoms with Gasteiger partial charge in [0.25, 0.3) is 6.23 Å². The number of pyridine rings is 1. The molecule has 3 N–H and O–H groups in total. The molecule has 0 bridgehead atoms. The van der Waals surface area contributed by atoms with Gasteiger partial charge in [0.2, 0.25) is 0 Å². The van der Waals surface area contributed by atoms with Gasteiger partial charge in [-0.05, 0) is 12.5 Å². The quantitative estimate of drug-likeness (QED) is 0.145.